The summed E-state index contributed by atoms with van der Waals surface area (Å²) in [5.41, 5.74) is 0. The third-order valence-corrected chi connectivity index (χ3v) is 2.99. The molecule has 5 heteroatoms. The van der Waals surface area contributed by atoms with E-state index < -0.39 is 12.7 Å². The van der Waals surface area contributed by atoms with Gasteiger partial charge in [-0.05, 0) is 45.3 Å². The highest BCUT2D eigenvalue weighted by Gasteiger charge is 2.37. The van der Waals surface area contributed by atoms with E-state index in [2.05, 4.69) is 12.2 Å². The Kier molecular flexibility index (Phi) is 6.27. The van der Waals surface area contributed by atoms with Crippen LogP contribution in [0.25, 0.3) is 0 Å². The lowest BCUT2D eigenvalue weighted by molar-refractivity contribution is -0.147. The number of hydrogen-bond donors (Lipinski definition) is 1. The van der Waals surface area contributed by atoms with Gasteiger partial charge in [0.1, 0.15) is 0 Å². The quantitative estimate of drug-likeness (QED) is 0.635. The maximum atomic E-state index is 12.3. The first-order valence-corrected chi connectivity index (χ1v) is 6.54. The summed E-state index contributed by atoms with van der Waals surface area (Å²) in [4.78, 5) is 1.60. The van der Waals surface area contributed by atoms with Crippen LogP contribution in [-0.2, 0) is 0 Å². The molecule has 1 rings (SSSR count). The van der Waals surface area contributed by atoms with Gasteiger partial charge in [0, 0.05) is 6.04 Å². The van der Waals surface area contributed by atoms with Crippen LogP contribution in [0.15, 0.2) is 0 Å². The standard InChI is InChI=1S/C12H23F3N2/c1-2-16-8-4-3-5-9-17(11-6-7-11)10-12(13,14)15/h11,16H,2-10H2,1H3. The zero-order valence-corrected chi connectivity index (χ0v) is 10.5. The molecule has 0 spiro atoms. The molecule has 1 N–H and O–H groups in total. The average Bonchev–Trinajstić information content (AvgIpc) is 3.03. The van der Waals surface area contributed by atoms with Gasteiger partial charge >= 0.3 is 6.18 Å². The number of nitrogens with zero attached hydrogens (tertiary/aromatic N) is 1. The summed E-state index contributed by atoms with van der Waals surface area (Å²) in [5, 5.41) is 3.22. The van der Waals surface area contributed by atoms with Crippen LogP contribution in [0.3, 0.4) is 0 Å². The van der Waals surface area contributed by atoms with E-state index in [1.54, 1.807) is 4.90 Å². The predicted octanol–water partition coefficient (Wildman–Crippen LogP) is 2.79. The zero-order valence-electron chi connectivity index (χ0n) is 10.5. The molecule has 1 aliphatic carbocycles. The molecule has 0 radical (unpaired) electrons. The van der Waals surface area contributed by atoms with Crippen LogP contribution in [0.5, 0.6) is 0 Å². The fourth-order valence-electron chi connectivity index (χ4n) is 1.98. The van der Waals surface area contributed by atoms with E-state index in [0.29, 0.717) is 6.54 Å². The summed E-state index contributed by atoms with van der Waals surface area (Å²) in [6, 6.07) is 0.199. The van der Waals surface area contributed by atoms with Crippen molar-refractivity contribution in [3.8, 4) is 0 Å². The number of halogens is 3. The van der Waals surface area contributed by atoms with Crippen molar-refractivity contribution in [1.82, 2.24) is 10.2 Å². The predicted molar refractivity (Wildman–Crippen MR) is 63.0 cm³/mol. The van der Waals surface area contributed by atoms with Gasteiger partial charge in [-0.3, -0.25) is 4.90 Å². The van der Waals surface area contributed by atoms with Gasteiger partial charge in [0.15, 0.2) is 0 Å². The first kappa shape index (κ1) is 14.8. The van der Waals surface area contributed by atoms with E-state index in [1.165, 1.54) is 0 Å². The van der Waals surface area contributed by atoms with E-state index >= 15 is 0 Å². The van der Waals surface area contributed by atoms with Crippen molar-refractivity contribution >= 4 is 0 Å². The summed E-state index contributed by atoms with van der Waals surface area (Å²) in [5.74, 6) is 0. The van der Waals surface area contributed by atoms with Crippen LogP contribution in [0, 0.1) is 0 Å². The molecular formula is C12H23F3N2. The summed E-state index contributed by atoms with van der Waals surface area (Å²) < 4.78 is 37.0. The molecule has 1 fully saturated rings. The summed E-state index contributed by atoms with van der Waals surface area (Å²) >= 11 is 0. The van der Waals surface area contributed by atoms with Crippen LogP contribution < -0.4 is 5.32 Å². The summed E-state index contributed by atoms with van der Waals surface area (Å²) in [6.07, 6.45) is 0.762. The molecule has 102 valence electrons. The minimum Gasteiger partial charge on any atom is -0.317 e. The number of alkyl halides is 3. The fraction of sp³-hybridized carbons (Fsp3) is 1.00. The highest BCUT2D eigenvalue weighted by Crippen LogP contribution is 2.30. The fourth-order valence-corrected chi connectivity index (χ4v) is 1.98. The van der Waals surface area contributed by atoms with Crippen molar-refractivity contribution in [1.29, 1.82) is 0 Å². The molecule has 0 aromatic rings. The molecule has 0 amide bonds. The highest BCUT2D eigenvalue weighted by molar-refractivity contribution is 4.85. The third-order valence-electron chi connectivity index (χ3n) is 2.99. The summed E-state index contributed by atoms with van der Waals surface area (Å²) in [6.45, 7) is 3.85. The molecule has 0 heterocycles. The van der Waals surface area contributed by atoms with Crippen LogP contribution >= 0.6 is 0 Å². The SMILES string of the molecule is CCNCCCCCN(CC(F)(F)F)C1CC1. The Morgan fingerprint density at radius 2 is 1.88 bits per heavy atom. The summed E-state index contributed by atoms with van der Waals surface area (Å²) in [7, 11) is 0. The molecule has 0 aromatic carbocycles. The second-order valence-electron chi connectivity index (χ2n) is 4.73. The Morgan fingerprint density at radius 1 is 1.18 bits per heavy atom. The van der Waals surface area contributed by atoms with Gasteiger partial charge in [0.05, 0.1) is 6.54 Å². The minimum absolute atomic E-state index is 0.199. The van der Waals surface area contributed by atoms with E-state index in [1.807, 2.05) is 0 Å². The van der Waals surface area contributed by atoms with Gasteiger partial charge in [-0.25, -0.2) is 0 Å². The van der Waals surface area contributed by atoms with Crippen molar-refractivity contribution < 1.29 is 13.2 Å². The van der Waals surface area contributed by atoms with Crippen molar-refractivity contribution in [3.05, 3.63) is 0 Å². The molecule has 1 saturated carbocycles. The van der Waals surface area contributed by atoms with Crippen LogP contribution in [0.1, 0.15) is 39.0 Å². The van der Waals surface area contributed by atoms with Gasteiger partial charge in [0.25, 0.3) is 0 Å². The molecule has 0 aliphatic heterocycles. The van der Waals surface area contributed by atoms with E-state index in [-0.39, 0.29) is 6.04 Å². The highest BCUT2D eigenvalue weighted by atomic mass is 19.4. The maximum absolute atomic E-state index is 12.3. The lowest BCUT2D eigenvalue weighted by Gasteiger charge is -2.23. The van der Waals surface area contributed by atoms with Crippen molar-refractivity contribution in [3.63, 3.8) is 0 Å². The number of nitrogens with one attached hydrogen (secondary N) is 1. The lowest BCUT2D eigenvalue weighted by Crippen LogP contribution is -2.36. The van der Waals surface area contributed by atoms with E-state index in [4.69, 9.17) is 0 Å². The Hall–Kier alpha value is -0.290. The molecule has 2 nitrogen and oxygen atoms in total. The van der Waals surface area contributed by atoms with Gasteiger partial charge in [-0.15, -0.1) is 0 Å². The molecule has 0 unspecified atom stereocenters. The minimum atomic E-state index is -4.05. The van der Waals surface area contributed by atoms with E-state index in [0.717, 1.165) is 45.2 Å². The zero-order chi connectivity index (χ0) is 12.7. The van der Waals surface area contributed by atoms with Gasteiger partial charge in [-0.1, -0.05) is 13.3 Å². The smallest absolute Gasteiger partial charge is 0.317 e. The molecule has 1 aliphatic rings. The van der Waals surface area contributed by atoms with Crippen LogP contribution in [0.2, 0.25) is 0 Å². The Bertz CT molecular complexity index is 202. The molecule has 0 aromatic heterocycles. The number of unbranched alkanes of at least 4 members (excludes halogenated alkanes) is 2. The van der Waals surface area contributed by atoms with E-state index in [9.17, 15) is 13.2 Å². The topological polar surface area (TPSA) is 15.3 Å². The van der Waals surface area contributed by atoms with Gasteiger partial charge in [-0.2, -0.15) is 13.2 Å². The number of hydrogen-bond acceptors (Lipinski definition) is 2. The van der Waals surface area contributed by atoms with Crippen molar-refractivity contribution in [2.75, 3.05) is 26.2 Å². The van der Waals surface area contributed by atoms with Gasteiger partial charge < -0.3 is 5.32 Å². The van der Waals surface area contributed by atoms with Crippen LogP contribution in [-0.4, -0.2) is 43.3 Å². The molecule has 0 bridgehead atoms. The monoisotopic (exact) mass is 252 g/mol. The van der Waals surface area contributed by atoms with Crippen molar-refractivity contribution in [2.24, 2.45) is 0 Å². The number of rotatable bonds is 9. The van der Waals surface area contributed by atoms with Crippen molar-refractivity contribution in [2.45, 2.75) is 51.2 Å². The Balaban J connectivity index is 2.08. The molecule has 0 saturated heterocycles. The second-order valence-corrected chi connectivity index (χ2v) is 4.73. The molecule has 17 heavy (non-hydrogen) atoms. The first-order valence-electron chi connectivity index (χ1n) is 6.54. The third kappa shape index (κ3) is 7.60. The molecule has 0 atom stereocenters. The molecular weight excluding hydrogens is 229 g/mol. The largest absolute Gasteiger partial charge is 0.401 e. The van der Waals surface area contributed by atoms with Gasteiger partial charge in [0.2, 0.25) is 0 Å². The van der Waals surface area contributed by atoms with Crippen LogP contribution in [0.4, 0.5) is 13.2 Å². The first-order chi connectivity index (χ1) is 8.03. The second kappa shape index (κ2) is 7.21. The Labute approximate surface area is 102 Å². The Morgan fingerprint density at radius 3 is 2.41 bits per heavy atom. The maximum Gasteiger partial charge on any atom is 0.401 e. The lowest BCUT2D eigenvalue weighted by atomic mass is 10.2. The normalized spacial score (nSPS) is 16.8. The average molecular weight is 252 g/mol.